The number of carboxylic acid groups (broad SMARTS) is 1. The van der Waals surface area contributed by atoms with E-state index in [9.17, 15) is 14.7 Å². The Labute approximate surface area is 149 Å². The zero-order valence-corrected chi connectivity index (χ0v) is 15.2. The van der Waals surface area contributed by atoms with Gasteiger partial charge in [0, 0.05) is 7.05 Å². The van der Waals surface area contributed by atoms with Crippen LogP contribution in [0.3, 0.4) is 0 Å². The lowest BCUT2D eigenvalue weighted by atomic mass is 9.68. The number of fused-ring (bicyclic) bond motifs is 2. The van der Waals surface area contributed by atoms with E-state index in [1.54, 1.807) is 21.1 Å². The number of rotatable bonds is 6. The van der Waals surface area contributed by atoms with Crippen LogP contribution in [-0.4, -0.2) is 42.1 Å². The van der Waals surface area contributed by atoms with Crippen LogP contribution in [0, 0.1) is 17.3 Å². The summed E-state index contributed by atoms with van der Waals surface area (Å²) in [6, 6.07) is 7.06. The number of carbonyl (C=O) groups is 2. The molecule has 1 amide bonds. The Morgan fingerprint density at radius 1 is 1.40 bits per heavy atom. The highest BCUT2D eigenvalue weighted by atomic mass is 16.5. The molecule has 3 rings (SSSR count). The minimum Gasteiger partial charge on any atom is -0.497 e. The van der Waals surface area contributed by atoms with Crippen LogP contribution >= 0.6 is 0 Å². The van der Waals surface area contributed by atoms with Crippen LogP contribution in [0.15, 0.2) is 24.3 Å². The van der Waals surface area contributed by atoms with Gasteiger partial charge in [0.15, 0.2) is 0 Å². The maximum Gasteiger partial charge on any atom is 0.326 e. The molecule has 1 aromatic carbocycles. The quantitative estimate of drug-likeness (QED) is 0.861. The topological polar surface area (TPSA) is 66.8 Å². The van der Waals surface area contributed by atoms with Gasteiger partial charge in [-0.1, -0.05) is 18.6 Å². The van der Waals surface area contributed by atoms with Gasteiger partial charge in [-0.3, -0.25) is 4.79 Å². The number of benzene rings is 1. The van der Waals surface area contributed by atoms with Gasteiger partial charge in [-0.2, -0.15) is 0 Å². The van der Waals surface area contributed by atoms with Crippen LogP contribution in [-0.2, 0) is 16.0 Å². The SMILES string of the molecule is COc1cccc(CC2(C(=O)N(C)C(C)C(=O)O)CC3CCC2C3)c1. The molecule has 2 saturated carbocycles. The van der Waals surface area contributed by atoms with Crippen molar-refractivity contribution in [3.05, 3.63) is 29.8 Å². The summed E-state index contributed by atoms with van der Waals surface area (Å²) in [5.74, 6) is 0.746. The van der Waals surface area contributed by atoms with Gasteiger partial charge in [0.2, 0.25) is 5.91 Å². The van der Waals surface area contributed by atoms with E-state index in [0.717, 1.165) is 30.6 Å². The summed E-state index contributed by atoms with van der Waals surface area (Å²) in [6.07, 6.45) is 4.86. The largest absolute Gasteiger partial charge is 0.497 e. The minimum atomic E-state index is -0.962. The molecule has 4 unspecified atom stereocenters. The molecule has 0 radical (unpaired) electrons. The van der Waals surface area contributed by atoms with Crippen LogP contribution in [0.25, 0.3) is 0 Å². The molecule has 2 bridgehead atoms. The van der Waals surface area contributed by atoms with E-state index in [1.807, 2.05) is 24.3 Å². The summed E-state index contributed by atoms with van der Waals surface area (Å²) in [4.78, 5) is 26.2. The predicted molar refractivity (Wildman–Crippen MR) is 94.4 cm³/mol. The van der Waals surface area contributed by atoms with Crippen molar-refractivity contribution in [2.75, 3.05) is 14.2 Å². The Morgan fingerprint density at radius 2 is 2.16 bits per heavy atom. The van der Waals surface area contributed by atoms with Gasteiger partial charge in [0.1, 0.15) is 11.8 Å². The average Bonchev–Trinajstić information content (AvgIpc) is 3.21. The minimum absolute atomic E-state index is 0.0163. The van der Waals surface area contributed by atoms with Gasteiger partial charge in [-0.25, -0.2) is 4.79 Å². The maximum absolute atomic E-state index is 13.4. The molecule has 0 saturated heterocycles. The fourth-order valence-electron chi connectivity index (χ4n) is 4.84. The maximum atomic E-state index is 13.4. The van der Waals surface area contributed by atoms with Gasteiger partial charge in [0.05, 0.1) is 12.5 Å². The number of carboxylic acids is 1. The second-order valence-corrected chi connectivity index (χ2v) is 7.69. The van der Waals surface area contributed by atoms with Crippen LogP contribution in [0.1, 0.15) is 38.2 Å². The van der Waals surface area contributed by atoms with Gasteiger partial charge in [-0.15, -0.1) is 0 Å². The van der Waals surface area contributed by atoms with Crippen molar-refractivity contribution in [2.45, 2.75) is 45.1 Å². The number of hydrogen-bond donors (Lipinski definition) is 1. The zero-order valence-electron chi connectivity index (χ0n) is 15.2. The van der Waals surface area contributed by atoms with Gasteiger partial charge < -0.3 is 14.7 Å². The van der Waals surface area contributed by atoms with Crippen LogP contribution in [0.4, 0.5) is 0 Å². The van der Waals surface area contributed by atoms with Gasteiger partial charge >= 0.3 is 5.97 Å². The predicted octanol–water partition coefficient (Wildman–Crippen LogP) is 2.98. The number of nitrogens with zero attached hydrogens (tertiary/aromatic N) is 1. The third-order valence-electron chi connectivity index (χ3n) is 6.31. The van der Waals surface area contributed by atoms with Crippen LogP contribution in [0.5, 0.6) is 5.75 Å². The molecule has 2 aliphatic carbocycles. The summed E-state index contributed by atoms with van der Waals surface area (Å²) in [5, 5.41) is 9.31. The molecular formula is C20H27NO4. The first-order valence-corrected chi connectivity index (χ1v) is 9.00. The molecule has 4 atom stereocenters. The third-order valence-corrected chi connectivity index (χ3v) is 6.31. The number of carbonyl (C=O) groups excluding carboxylic acids is 1. The van der Waals surface area contributed by atoms with E-state index in [2.05, 4.69) is 0 Å². The highest BCUT2D eigenvalue weighted by Crippen LogP contribution is 2.58. The Kier molecular flexibility index (Phi) is 4.76. The fourth-order valence-corrected chi connectivity index (χ4v) is 4.84. The number of ether oxygens (including phenoxy) is 1. The number of methoxy groups -OCH3 is 1. The average molecular weight is 345 g/mol. The molecule has 0 spiro atoms. The van der Waals surface area contributed by atoms with Crippen molar-refractivity contribution in [3.63, 3.8) is 0 Å². The van der Waals surface area contributed by atoms with Crippen molar-refractivity contribution in [1.82, 2.24) is 4.90 Å². The molecule has 136 valence electrons. The van der Waals surface area contributed by atoms with Crippen LogP contribution < -0.4 is 4.74 Å². The fraction of sp³-hybridized carbons (Fsp3) is 0.600. The normalized spacial score (nSPS) is 28.6. The molecule has 0 aliphatic heterocycles. The lowest BCUT2D eigenvalue weighted by Crippen LogP contribution is -2.51. The molecule has 1 N–H and O–H groups in total. The first kappa shape index (κ1) is 17.8. The van der Waals surface area contributed by atoms with E-state index in [4.69, 9.17) is 4.74 Å². The second-order valence-electron chi connectivity index (χ2n) is 7.69. The smallest absolute Gasteiger partial charge is 0.326 e. The first-order chi connectivity index (χ1) is 11.9. The first-order valence-electron chi connectivity index (χ1n) is 9.00. The molecule has 5 heteroatoms. The van der Waals surface area contributed by atoms with E-state index in [-0.39, 0.29) is 5.91 Å². The standard InChI is InChI=1S/C20H27NO4/c1-13(18(22)23)21(2)19(24)20(12-15-7-8-16(20)9-15)11-14-5-4-6-17(10-14)25-3/h4-6,10,13,15-16H,7-9,11-12H2,1-3H3,(H,22,23). The Hall–Kier alpha value is -2.04. The van der Waals surface area contributed by atoms with E-state index >= 15 is 0 Å². The summed E-state index contributed by atoms with van der Waals surface area (Å²) in [7, 11) is 3.26. The second kappa shape index (κ2) is 6.70. The van der Waals surface area contributed by atoms with Gasteiger partial charge in [0.25, 0.3) is 0 Å². The monoisotopic (exact) mass is 345 g/mol. The zero-order chi connectivity index (χ0) is 18.2. The molecule has 0 aromatic heterocycles. The Morgan fingerprint density at radius 3 is 2.72 bits per heavy atom. The van der Waals surface area contributed by atoms with Crippen molar-refractivity contribution >= 4 is 11.9 Å². The Balaban J connectivity index is 1.91. The van der Waals surface area contributed by atoms with E-state index in [1.165, 1.54) is 11.3 Å². The molecule has 25 heavy (non-hydrogen) atoms. The third kappa shape index (κ3) is 3.12. The summed E-state index contributed by atoms with van der Waals surface area (Å²) in [6.45, 7) is 1.58. The lowest BCUT2D eigenvalue weighted by molar-refractivity contribution is -0.155. The molecule has 2 aliphatic rings. The van der Waals surface area contributed by atoms with Crippen molar-refractivity contribution < 1.29 is 19.4 Å². The van der Waals surface area contributed by atoms with E-state index in [0.29, 0.717) is 18.3 Å². The summed E-state index contributed by atoms with van der Waals surface area (Å²) < 4.78 is 5.32. The molecule has 0 heterocycles. The van der Waals surface area contributed by atoms with E-state index < -0.39 is 17.4 Å². The van der Waals surface area contributed by atoms with Gasteiger partial charge in [-0.05, 0) is 62.1 Å². The number of likely N-dealkylation sites (N-methyl/N-ethyl adjacent to an activating group) is 1. The van der Waals surface area contributed by atoms with Crippen molar-refractivity contribution in [3.8, 4) is 5.75 Å². The molecular weight excluding hydrogens is 318 g/mol. The number of amides is 1. The summed E-state index contributed by atoms with van der Waals surface area (Å²) >= 11 is 0. The summed E-state index contributed by atoms with van der Waals surface area (Å²) in [5.41, 5.74) is 0.602. The highest BCUT2D eigenvalue weighted by Gasteiger charge is 2.56. The lowest BCUT2D eigenvalue weighted by Gasteiger charge is -2.40. The molecule has 2 fully saturated rings. The van der Waals surface area contributed by atoms with Crippen LogP contribution in [0.2, 0.25) is 0 Å². The Bertz CT molecular complexity index is 673. The van der Waals surface area contributed by atoms with Crippen molar-refractivity contribution in [1.29, 1.82) is 0 Å². The number of aliphatic carboxylic acids is 1. The highest BCUT2D eigenvalue weighted by molar-refractivity contribution is 5.88. The molecule has 1 aromatic rings. The molecule has 5 nitrogen and oxygen atoms in total. The number of hydrogen-bond acceptors (Lipinski definition) is 3. The van der Waals surface area contributed by atoms with Crippen molar-refractivity contribution in [2.24, 2.45) is 17.3 Å².